The van der Waals surface area contributed by atoms with Crippen LogP contribution in [0.25, 0.3) is 0 Å². The van der Waals surface area contributed by atoms with Crippen molar-refractivity contribution in [2.24, 2.45) is 0 Å². The summed E-state index contributed by atoms with van der Waals surface area (Å²) in [5.41, 5.74) is 3.05. The fourth-order valence-electron chi connectivity index (χ4n) is 2.49. The lowest BCUT2D eigenvalue weighted by molar-refractivity contribution is 0.284. The summed E-state index contributed by atoms with van der Waals surface area (Å²) in [5.74, 6) is 1.30. The zero-order valence-corrected chi connectivity index (χ0v) is 16.7. The van der Waals surface area contributed by atoms with Crippen LogP contribution >= 0.6 is 27.5 Å². The molecule has 0 atom stereocenters. The van der Waals surface area contributed by atoms with E-state index in [4.69, 9.17) is 21.1 Å². The van der Waals surface area contributed by atoms with Gasteiger partial charge in [0.1, 0.15) is 6.61 Å². The van der Waals surface area contributed by atoms with Crippen LogP contribution in [0.15, 0.2) is 71.2 Å². The van der Waals surface area contributed by atoms with Crippen molar-refractivity contribution in [3.8, 4) is 11.5 Å². The number of methoxy groups -OCH3 is 1. The van der Waals surface area contributed by atoms with Gasteiger partial charge in [0.05, 0.1) is 7.11 Å². The Morgan fingerprint density at radius 2 is 1.69 bits per heavy atom. The lowest BCUT2D eigenvalue weighted by atomic mass is 10.2. The summed E-state index contributed by atoms with van der Waals surface area (Å²) >= 11 is 9.88. The predicted octanol–water partition coefficient (Wildman–Crippen LogP) is 6.30. The molecule has 0 aromatic heterocycles. The number of nitrogens with one attached hydrogen (secondary N) is 1. The van der Waals surface area contributed by atoms with Gasteiger partial charge >= 0.3 is 0 Å². The van der Waals surface area contributed by atoms with Crippen LogP contribution in [0, 0.1) is 0 Å². The van der Waals surface area contributed by atoms with Crippen molar-refractivity contribution in [1.82, 2.24) is 0 Å². The van der Waals surface area contributed by atoms with E-state index in [-0.39, 0.29) is 0 Å². The molecular weight excluding hydrogens is 414 g/mol. The average Bonchev–Trinajstić information content (AvgIpc) is 2.67. The van der Waals surface area contributed by atoms with E-state index in [2.05, 4.69) is 21.2 Å². The molecule has 26 heavy (non-hydrogen) atoms. The van der Waals surface area contributed by atoms with Gasteiger partial charge < -0.3 is 14.8 Å². The van der Waals surface area contributed by atoms with Gasteiger partial charge in [-0.1, -0.05) is 57.9 Å². The van der Waals surface area contributed by atoms with E-state index in [9.17, 15) is 0 Å². The highest BCUT2D eigenvalue weighted by atomic mass is 79.9. The first-order chi connectivity index (χ1) is 12.7. The van der Waals surface area contributed by atoms with E-state index in [1.165, 1.54) is 0 Å². The van der Waals surface area contributed by atoms with Crippen LogP contribution in [-0.2, 0) is 13.2 Å². The number of anilines is 1. The molecule has 0 aliphatic carbocycles. The molecule has 3 aromatic carbocycles. The first-order valence-electron chi connectivity index (χ1n) is 8.18. The summed E-state index contributed by atoms with van der Waals surface area (Å²) in [7, 11) is 1.63. The number of hydrogen-bond donors (Lipinski definition) is 1. The summed E-state index contributed by atoms with van der Waals surface area (Å²) in [6, 6.07) is 21.7. The van der Waals surface area contributed by atoms with Crippen molar-refractivity contribution in [3.63, 3.8) is 0 Å². The van der Waals surface area contributed by atoms with Crippen LogP contribution < -0.4 is 14.8 Å². The minimum atomic E-state index is 0.462. The zero-order chi connectivity index (χ0) is 18.4. The number of benzene rings is 3. The highest BCUT2D eigenvalue weighted by molar-refractivity contribution is 9.10. The molecule has 0 spiro atoms. The fraction of sp³-hybridized carbons (Fsp3) is 0.143. The Morgan fingerprint density at radius 1 is 0.962 bits per heavy atom. The van der Waals surface area contributed by atoms with Gasteiger partial charge in [-0.15, -0.1) is 0 Å². The van der Waals surface area contributed by atoms with Gasteiger partial charge in [-0.2, -0.15) is 0 Å². The Bertz CT molecular complexity index is 854. The van der Waals surface area contributed by atoms with Gasteiger partial charge in [0.2, 0.25) is 0 Å². The van der Waals surface area contributed by atoms with Gasteiger partial charge in [0, 0.05) is 27.8 Å². The topological polar surface area (TPSA) is 30.5 Å². The Labute approximate surface area is 167 Å². The van der Waals surface area contributed by atoms with Crippen LogP contribution in [0.5, 0.6) is 11.5 Å². The zero-order valence-electron chi connectivity index (χ0n) is 14.3. The molecule has 0 saturated heterocycles. The van der Waals surface area contributed by atoms with Gasteiger partial charge in [-0.05, 0) is 41.5 Å². The molecule has 0 saturated carbocycles. The predicted molar refractivity (Wildman–Crippen MR) is 110 cm³/mol. The van der Waals surface area contributed by atoms with Crippen LogP contribution in [0.2, 0.25) is 5.02 Å². The van der Waals surface area contributed by atoms with E-state index in [0.29, 0.717) is 29.7 Å². The molecule has 0 bridgehead atoms. The lowest BCUT2D eigenvalue weighted by Crippen LogP contribution is -2.03. The maximum Gasteiger partial charge on any atom is 0.163 e. The van der Waals surface area contributed by atoms with Crippen molar-refractivity contribution >= 4 is 33.2 Å². The van der Waals surface area contributed by atoms with E-state index >= 15 is 0 Å². The molecule has 0 heterocycles. The maximum absolute atomic E-state index is 6.45. The first kappa shape index (κ1) is 18.6. The molecule has 0 aliphatic rings. The average molecular weight is 433 g/mol. The molecule has 0 unspecified atom stereocenters. The minimum Gasteiger partial charge on any atom is -0.493 e. The van der Waals surface area contributed by atoms with E-state index in [1.807, 2.05) is 66.7 Å². The van der Waals surface area contributed by atoms with E-state index in [0.717, 1.165) is 21.3 Å². The Hall–Kier alpha value is -2.17. The van der Waals surface area contributed by atoms with Crippen LogP contribution in [0.4, 0.5) is 5.69 Å². The molecule has 3 aromatic rings. The first-order valence-corrected chi connectivity index (χ1v) is 9.35. The Morgan fingerprint density at radius 3 is 2.38 bits per heavy atom. The van der Waals surface area contributed by atoms with Gasteiger partial charge in [-0.25, -0.2) is 0 Å². The smallest absolute Gasteiger partial charge is 0.163 e. The largest absolute Gasteiger partial charge is 0.493 e. The molecular formula is C21H19BrClNO2. The molecule has 5 heteroatoms. The third-order valence-electron chi connectivity index (χ3n) is 3.90. The Balaban J connectivity index is 1.70. The number of hydrogen-bond acceptors (Lipinski definition) is 3. The number of ether oxygens (including phenoxy) is 2. The normalized spacial score (nSPS) is 10.4. The highest BCUT2D eigenvalue weighted by Crippen LogP contribution is 2.34. The fourth-order valence-corrected chi connectivity index (χ4v) is 2.97. The maximum atomic E-state index is 6.45. The standard InChI is InChI=1S/C21H19BrClNO2/c1-25-20-11-16(13-24-18-9-7-17(22)8-10-18)19(23)12-21(20)26-14-15-5-3-2-4-6-15/h2-12,24H,13-14H2,1H3. The van der Waals surface area contributed by atoms with Gasteiger partial charge in [-0.3, -0.25) is 0 Å². The third-order valence-corrected chi connectivity index (χ3v) is 4.78. The molecule has 0 fully saturated rings. The van der Waals surface area contributed by atoms with Crippen molar-refractivity contribution in [2.75, 3.05) is 12.4 Å². The lowest BCUT2D eigenvalue weighted by Gasteiger charge is -2.15. The van der Waals surface area contributed by atoms with E-state index < -0.39 is 0 Å². The second-order valence-electron chi connectivity index (χ2n) is 5.73. The van der Waals surface area contributed by atoms with Crippen LogP contribution in [-0.4, -0.2) is 7.11 Å². The highest BCUT2D eigenvalue weighted by Gasteiger charge is 2.11. The summed E-state index contributed by atoms with van der Waals surface area (Å²) in [4.78, 5) is 0. The molecule has 0 aliphatic heterocycles. The van der Waals surface area contributed by atoms with Crippen LogP contribution in [0.1, 0.15) is 11.1 Å². The molecule has 134 valence electrons. The molecule has 0 radical (unpaired) electrons. The molecule has 3 rings (SSSR count). The summed E-state index contributed by atoms with van der Waals surface area (Å²) < 4.78 is 12.4. The van der Waals surface area contributed by atoms with Gasteiger partial charge in [0.25, 0.3) is 0 Å². The number of halogens is 2. The van der Waals surface area contributed by atoms with E-state index in [1.54, 1.807) is 7.11 Å². The molecule has 1 N–H and O–H groups in total. The summed E-state index contributed by atoms with van der Waals surface area (Å²) in [5, 5.41) is 3.99. The second-order valence-corrected chi connectivity index (χ2v) is 7.05. The quantitative estimate of drug-likeness (QED) is 0.475. The second kappa shape index (κ2) is 8.97. The Kier molecular flexibility index (Phi) is 6.42. The SMILES string of the molecule is COc1cc(CNc2ccc(Br)cc2)c(Cl)cc1OCc1ccccc1. The van der Waals surface area contributed by atoms with Crippen molar-refractivity contribution < 1.29 is 9.47 Å². The van der Waals surface area contributed by atoms with Crippen LogP contribution in [0.3, 0.4) is 0 Å². The minimum absolute atomic E-state index is 0.462. The summed E-state index contributed by atoms with van der Waals surface area (Å²) in [6.07, 6.45) is 0. The molecule has 0 amide bonds. The van der Waals surface area contributed by atoms with Gasteiger partial charge in [0.15, 0.2) is 11.5 Å². The summed E-state index contributed by atoms with van der Waals surface area (Å²) in [6.45, 7) is 1.06. The number of rotatable bonds is 7. The monoisotopic (exact) mass is 431 g/mol. The van der Waals surface area contributed by atoms with Crippen molar-refractivity contribution in [3.05, 3.63) is 87.4 Å². The molecule has 3 nitrogen and oxygen atoms in total. The third kappa shape index (κ3) is 4.93. The van der Waals surface area contributed by atoms with Crippen molar-refractivity contribution in [1.29, 1.82) is 0 Å². The van der Waals surface area contributed by atoms with Crippen molar-refractivity contribution in [2.45, 2.75) is 13.2 Å².